The Morgan fingerprint density at radius 1 is 1.46 bits per heavy atom. The molecule has 0 amide bonds. The van der Waals surface area contributed by atoms with Gasteiger partial charge in [-0.25, -0.2) is 0 Å². The molecule has 0 spiro atoms. The van der Waals surface area contributed by atoms with Crippen LogP contribution in [0.3, 0.4) is 0 Å². The minimum Gasteiger partial charge on any atom is -0.382 e. The molecular formula is C12H19N. The normalized spacial score (nSPS) is 18.8. The second-order valence-electron chi connectivity index (χ2n) is 3.72. The van der Waals surface area contributed by atoms with E-state index in [0.717, 1.165) is 5.57 Å². The molecule has 1 N–H and O–H groups in total. The van der Waals surface area contributed by atoms with Crippen molar-refractivity contribution in [2.24, 2.45) is 0 Å². The van der Waals surface area contributed by atoms with Crippen molar-refractivity contribution in [3.8, 4) is 0 Å². The Hall–Kier alpha value is -0.980. The van der Waals surface area contributed by atoms with Crippen LogP contribution in [-0.2, 0) is 0 Å². The first kappa shape index (κ1) is 10.1. The standard InChI is InChI=1S/C12H19N/c1-4-6-12(9-10(2)3)13-11-7-5-8-11/h4,6,9,11,13H,2,5,7-8H2,1,3H3/b6-4-,12-9+. The molecule has 1 heteroatoms. The van der Waals surface area contributed by atoms with Gasteiger partial charge in [0.2, 0.25) is 0 Å². The Labute approximate surface area is 81.2 Å². The lowest BCUT2D eigenvalue weighted by Gasteiger charge is -2.28. The molecule has 1 fully saturated rings. The maximum Gasteiger partial charge on any atom is 0.0341 e. The van der Waals surface area contributed by atoms with Gasteiger partial charge in [0, 0.05) is 11.7 Å². The van der Waals surface area contributed by atoms with Crippen LogP contribution in [-0.4, -0.2) is 6.04 Å². The fourth-order valence-electron chi connectivity index (χ4n) is 1.37. The van der Waals surface area contributed by atoms with Crippen LogP contribution in [0, 0.1) is 0 Å². The molecule has 1 aliphatic carbocycles. The van der Waals surface area contributed by atoms with Gasteiger partial charge < -0.3 is 5.32 Å². The van der Waals surface area contributed by atoms with Crippen LogP contribution in [0.25, 0.3) is 0 Å². The van der Waals surface area contributed by atoms with Gasteiger partial charge in [-0.15, -0.1) is 0 Å². The van der Waals surface area contributed by atoms with Crippen LogP contribution >= 0.6 is 0 Å². The number of rotatable bonds is 4. The number of hydrogen-bond donors (Lipinski definition) is 1. The summed E-state index contributed by atoms with van der Waals surface area (Å²) in [6.45, 7) is 7.93. The second kappa shape index (κ2) is 4.90. The average Bonchev–Trinajstić information content (AvgIpc) is 1.96. The zero-order valence-corrected chi connectivity index (χ0v) is 8.64. The Morgan fingerprint density at radius 2 is 2.15 bits per heavy atom. The highest BCUT2D eigenvalue weighted by atomic mass is 14.9. The van der Waals surface area contributed by atoms with Crippen LogP contribution in [0.1, 0.15) is 33.1 Å². The highest BCUT2D eigenvalue weighted by molar-refractivity contribution is 5.26. The molecule has 0 heterocycles. The summed E-state index contributed by atoms with van der Waals surface area (Å²) in [6.07, 6.45) is 10.2. The maximum atomic E-state index is 3.88. The average molecular weight is 177 g/mol. The van der Waals surface area contributed by atoms with Gasteiger partial charge in [-0.1, -0.05) is 18.2 Å². The third-order valence-electron chi connectivity index (χ3n) is 2.22. The predicted octanol–water partition coefficient (Wildman–Crippen LogP) is 3.16. The van der Waals surface area contributed by atoms with Crippen molar-refractivity contribution >= 4 is 0 Å². The van der Waals surface area contributed by atoms with Gasteiger partial charge in [-0.05, 0) is 45.3 Å². The van der Waals surface area contributed by atoms with Crippen molar-refractivity contribution in [1.82, 2.24) is 5.32 Å². The van der Waals surface area contributed by atoms with Gasteiger partial charge in [-0.2, -0.15) is 0 Å². The Morgan fingerprint density at radius 3 is 2.54 bits per heavy atom. The summed E-state index contributed by atoms with van der Waals surface area (Å²) >= 11 is 0. The molecule has 0 unspecified atom stereocenters. The minimum absolute atomic E-state index is 0.696. The number of nitrogens with one attached hydrogen (secondary N) is 1. The Balaban J connectivity index is 2.50. The van der Waals surface area contributed by atoms with Gasteiger partial charge in [0.05, 0.1) is 0 Å². The molecular weight excluding hydrogens is 158 g/mol. The molecule has 0 aromatic rings. The summed E-state index contributed by atoms with van der Waals surface area (Å²) in [7, 11) is 0. The van der Waals surface area contributed by atoms with E-state index in [1.165, 1.54) is 25.0 Å². The van der Waals surface area contributed by atoms with Gasteiger partial charge in [0.25, 0.3) is 0 Å². The van der Waals surface area contributed by atoms with Crippen molar-refractivity contribution in [3.63, 3.8) is 0 Å². The first-order valence-electron chi connectivity index (χ1n) is 4.99. The molecule has 0 atom stereocenters. The highest BCUT2D eigenvalue weighted by Crippen LogP contribution is 2.19. The molecule has 1 nitrogen and oxygen atoms in total. The van der Waals surface area contributed by atoms with Gasteiger partial charge in [-0.3, -0.25) is 0 Å². The van der Waals surface area contributed by atoms with Crippen LogP contribution in [0.5, 0.6) is 0 Å². The third-order valence-corrected chi connectivity index (χ3v) is 2.22. The van der Waals surface area contributed by atoms with Crippen molar-refractivity contribution in [1.29, 1.82) is 0 Å². The third kappa shape index (κ3) is 3.49. The van der Waals surface area contributed by atoms with E-state index in [9.17, 15) is 0 Å². The molecule has 1 aliphatic rings. The van der Waals surface area contributed by atoms with E-state index in [-0.39, 0.29) is 0 Å². The molecule has 72 valence electrons. The van der Waals surface area contributed by atoms with Gasteiger partial charge in [0.1, 0.15) is 0 Å². The van der Waals surface area contributed by atoms with Crippen molar-refractivity contribution in [2.45, 2.75) is 39.2 Å². The zero-order valence-electron chi connectivity index (χ0n) is 8.64. The fourth-order valence-corrected chi connectivity index (χ4v) is 1.37. The van der Waals surface area contributed by atoms with Crippen molar-refractivity contribution in [2.75, 3.05) is 0 Å². The van der Waals surface area contributed by atoms with E-state index >= 15 is 0 Å². The van der Waals surface area contributed by atoms with E-state index < -0.39 is 0 Å². The van der Waals surface area contributed by atoms with E-state index in [1.807, 2.05) is 13.8 Å². The molecule has 0 aromatic heterocycles. The van der Waals surface area contributed by atoms with E-state index in [2.05, 4.69) is 30.1 Å². The van der Waals surface area contributed by atoms with Crippen LogP contribution < -0.4 is 5.32 Å². The van der Waals surface area contributed by atoms with Crippen LogP contribution in [0.4, 0.5) is 0 Å². The molecule has 0 aliphatic heterocycles. The summed E-state index contributed by atoms with van der Waals surface area (Å²) in [4.78, 5) is 0. The van der Waals surface area contributed by atoms with E-state index in [0.29, 0.717) is 6.04 Å². The smallest absolute Gasteiger partial charge is 0.0341 e. The second-order valence-corrected chi connectivity index (χ2v) is 3.72. The summed E-state index contributed by atoms with van der Waals surface area (Å²) in [5.74, 6) is 0. The lowest BCUT2D eigenvalue weighted by Crippen LogP contribution is -2.33. The quantitative estimate of drug-likeness (QED) is 0.650. The van der Waals surface area contributed by atoms with Crippen molar-refractivity contribution < 1.29 is 0 Å². The summed E-state index contributed by atoms with van der Waals surface area (Å²) in [5.41, 5.74) is 2.29. The van der Waals surface area contributed by atoms with Crippen LogP contribution in [0.2, 0.25) is 0 Å². The summed E-state index contributed by atoms with van der Waals surface area (Å²) in [6, 6.07) is 0.696. The molecule has 0 saturated heterocycles. The molecule has 0 bridgehead atoms. The highest BCUT2D eigenvalue weighted by Gasteiger charge is 2.16. The Bertz CT molecular complexity index is 232. The lowest BCUT2D eigenvalue weighted by molar-refractivity contribution is 0.367. The molecule has 0 aromatic carbocycles. The summed E-state index contributed by atoms with van der Waals surface area (Å²) in [5, 5.41) is 3.50. The van der Waals surface area contributed by atoms with E-state index in [4.69, 9.17) is 0 Å². The maximum absolute atomic E-state index is 3.88. The topological polar surface area (TPSA) is 12.0 Å². The number of hydrogen-bond acceptors (Lipinski definition) is 1. The van der Waals surface area contributed by atoms with E-state index in [1.54, 1.807) is 0 Å². The Kier molecular flexibility index (Phi) is 3.81. The van der Waals surface area contributed by atoms with Gasteiger partial charge in [0.15, 0.2) is 0 Å². The largest absolute Gasteiger partial charge is 0.382 e. The SMILES string of the molecule is C=C(C)/C=C(\C=C/C)NC1CCC1. The summed E-state index contributed by atoms with van der Waals surface area (Å²) < 4.78 is 0. The zero-order chi connectivity index (χ0) is 9.68. The first-order chi connectivity index (χ1) is 6.22. The molecule has 1 rings (SSSR count). The van der Waals surface area contributed by atoms with Gasteiger partial charge >= 0.3 is 0 Å². The molecule has 0 radical (unpaired) electrons. The minimum atomic E-state index is 0.696. The monoisotopic (exact) mass is 177 g/mol. The lowest BCUT2D eigenvalue weighted by atomic mass is 9.93. The number of allylic oxidation sites excluding steroid dienone is 4. The first-order valence-corrected chi connectivity index (χ1v) is 4.99. The predicted molar refractivity (Wildman–Crippen MR) is 58.5 cm³/mol. The fraction of sp³-hybridized carbons (Fsp3) is 0.500. The molecule has 1 saturated carbocycles. The van der Waals surface area contributed by atoms with Crippen LogP contribution in [0.15, 0.2) is 36.1 Å². The van der Waals surface area contributed by atoms with Crippen molar-refractivity contribution in [3.05, 3.63) is 36.1 Å². The molecule has 13 heavy (non-hydrogen) atoms.